The van der Waals surface area contributed by atoms with Crippen LogP contribution in [-0.2, 0) is 22.5 Å². The van der Waals surface area contributed by atoms with Crippen molar-refractivity contribution in [3.8, 4) is 11.4 Å². The molecule has 0 aliphatic rings. The summed E-state index contributed by atoms with van der Waals surface area (Å²) in [6, 6.07) is 3.60. The van der Waals surface area contributed by atoms with E-state index in [2.05, 4.69) is 22.1 Å². The summed E-state index contributed by atoms with van der Waals surface area (Å²) < 4.78 is 12.4. The highest BCUT2D eigenvalue weighted by molar-refractivity contribution is 7.99. The van der Waals surface area contributed by atoms with Crippen molar-refractivity contribution < 1.29 is 18.7 Å². The number of carbonyl (C=O) groups excluding carboxylic acids is 2. The van der Waals surface area contributed by atoms with Gasteiger partial charge < -0.3 is 14.5 Å². The maximum atomic E-state index is 12.6. The fraction of sp³-hybridized carbons (Fsp3) is 0.333. The molecule has 0 fully saturated rings. The van der Waals surface area contributed by atoms with Gasteiger partial charge in [0.2, 0.25) is 5.91 Å². The van der Waals surface area contributed by atoms with E-state index in [1.807, 2.05) is 24.5 Å². The maximum absolute atomic E-state index is 12.6. The highest BCUT2D eigenvalue weighted by atomic mass is 32.2. The number of thioether (sulfide) groups is 1. The summed E-state index contributed by atoms with van der Waals surface area (Å²) in [5.41, 5.74) is 1.23. The molecule has 3 aromatic heterocycles. The van der Waals surface area contributed by atoms with Crippen molar-refractivity contribution in [1.29, 1.82) is 0 Å². The molecule has 1 amide bonds. The third-order valence-corrected chi connectivity index (χ3v) is 6.50. The summed E-state index contributed by atoms with van der Waals surface area (Å²) in [5.74, 6) is 0.829. The van der Waals surface area contributed by atoms with E-state index in [-0.39, 0.29) is 18.3 Å². The molecule has 0 spiro atoms. The number of anilines is 1. The first-order chi connectivity index (χ1) is 15.0. The van der Waals surface area contributed by atoms with Crippen LogP contribution in [0.25, 0.3) is 11.4 Å². The zero-order chi connectivity index (χ0) is 22.4. The molecule has 10 heteroatoms. The van der Waals surface area contributed by atoms with E-state index in [4.69, 9.17) is 9.15 Å². The zero-order valence-electron chi connectivity index (χ0n) is 17.6. The van der Waals surface area contributed by atoms with E-state index in [9.17, 15) is 9.59 Å². The number of esters is 1. The Bertz CT molecular complexity index is 1080. The van der Waals surface area contributed by atoms with Crippen LogP contribution >= 0.6 is 23.1 Å². The van der Waals surface area contributed by atoms with E-state index < -0.39 is 5.97 Å². The van der Waals surface area contributed by atoms with Gasteiger partial charge in [-0.05, 0) is 32.4 Å². The van der Waals surface area contributed by atoms with Crippen LogP contribution in [0.2, 0.25) is 0 Å². The monoisotopic (exact) mass is 460 g/mol. The Morgan fingerprint density at radius 3 is 2.84 bits per heavy atom. The molecule has 1 N–H and O–H groups in total. The predicted molar refractivity (Wildman–Crippen MR) is 122 cm³/mol. The van der Waals surface area contributed by atoms with Gasteiger partial charge in [0.05, 0.1) is 29.7 Å². The van der Waals surface area contributed by atoms with Gasteiger partial charge in [0.25, 0.3) is 0 Å². The molecule has 164 valence electrons. The summed E-state index contributed by atoms with van der Waals surface area (Å²) in [6.45, 7) is 10.2. The Kier molecular flexibility index (Phi) is 7.69. The molecule has 0 aromatic carbocycles. The number of hydrogen-bond donors (Lipinski definition) is 1. The Hall–Kier alpha value is -2.85. The van der Waals surface area contributed by atoms with Crippen LogP contribution in [-0.4, -0.2) is 39.0 Å². The predicted octanol–water partition coefficient (Wildman–Crippen LogP) is 4.56. The molecule has 0 aliphatic carbocycles. The van der Waals surface area contributed by atoms with Gasteiger partial charge in [-0.2, -0.15) is 0 Å². The van der Waals surface area contributed by atoms with E-state index in [0.29, 0.717) is 28.1 Å². The number of aryl methyl sites for hydroxylation is 2. The lowest BCUT2D eigenvalue weighted by Gasteiger charge is -2.08. The number of carbonyl (C=O) groups is 2. The Balaban J connectivity index is 1.73. The van der Waals surface area contributed by atoms with Crippen LogP contribution in [0.4, 0.5) is 5.00 Å². The quantitative estimate of drug-likeness (QED) is 0.269. The third-order valence-electron chi connectivity index (χ3n) is 4.34. The average Bonchev–Trinajstić information content (AvgIpc) is 3.45. The van der Waals surface area contributed by atoms with E-state index >= 15 is 0 Å². The molecule has 0 radical (unpaired) electrons. The second-order valence-electron chi connectivity index (χ2n) is 6.46. The first kappa shape index (κ1) is 22.8. The molecule has 8 nitrogen and oxygen atoms in total. The number of ether oxygens (including phenoxy) is 1. The SMILES string of the molecule is C=CCn1c(SCC(=O)Nc2sc(CC)cc2C(=O)OCC)nnc1-c1ccoc1C. The van der Waals surface area contributed by atoms with E-state index in [1.54, 1.807) is 25.3 Å². The van der Waals surface area contributed by atoms with E-state index in [0.717, 1.165) is 22.6 Å². The molecule has 3 aromatic rings. The number of furan rings is 1. The van der Waals surface area contributed by atoms with Crippen LogP contribution in [0, 0.1) is 6.92 Å². The average molecular weight is 461 g/mol. The Labute approximate surface area is 188 Å². The first-order valence-electron chi connectivity index (χ1n) is 9.79. The number of nitrogens with one attached hydrogen (secondary N) is 1. The summed E-state index contributed by atoms with van der Waals surface area (Å²) in [7, 11) is 0. The molecule has 3 rings (SSSR count). The van der Waals surface area contributed by atoms with Gasteiger partial charge in [-0.25, -0.2) is 4.79 Å². The number of rotatable bonds is 10. The molecule has 31 heavy (non-hydrogen) atoms. The largest absolute Gasteiger partial charge is 0.469 e. The molecule has 0 atom stereocenters. The summed E-state index contributed by atoms with van der Waals surface area (Å²) in [5, 5.41) is 12.4. The van der Waals surface area contributed by atoms with Gasteiger partial charge in [0.1, 0.15) is 10.8 Å². The minimum Gasteiger partial charge on any atom is -0.469 e. The number of aromatic nitrogens is 3. The van der Waals surface area contributed by atoms with Crippen LogP contribution < -0.4 is 5.32 Å². The van der Waals surface area contributed by atoms with Gasteiger partial charge in [-0.3, -0.25) is 9.36 Å². The van der Waals surface area contributed by atoms with Gasteiger partial charge >= 0.3 is 5.97 Å². The van der Waals surface area contributed by atoms with Crippen molar-refractivity contribution in [2.24, 2.45) is 0 Å². The molecule has 0 bridgehead atoms. The number of nitrogens with zero attached hydrogens (tertiary/aromatic N) is 3. The minimum absolute atomic E-state index is 0.112. The fourth-order valence-corrected chi connectivity index (χ4v) is 4.62. The van der Waals surface area contributed by atoms with Crippen LogP contribution in [0.1, 0.15) is 34.8 Å². The number of thiophene rings is 1. The second-order valence-corrected chi connectivity index (χ2v) is 8.54. The Morgan fingerprint density at radius 1 is 1.39 bits per heavy atom. The van der Waals surface area contributed by atoms with Crippen LogP contribution in [0.15, 0.2) is 40.6 Å². The molecule has 0 saturated carbocycles. The summed E-state index contributed by atoms with van der Waals surface area (Å²) in [4.78, 5) is 25.8. The van der Waals surface area contributed by atoms with Crippen LogP contribution in [0.3, 0.4) is 0 Å². The molecule has 0 saturated heterocycles. The normalized spacial score (nSPS) is 10.8. The van der Waals surface area contributed by atoms with Crippen molar-refractivity contribution in [1.82, 2.24) is 14.8 Å². The first-order valence-corrected chi connectivity index (χ1v) is 11.6. The molecular formula is C21H24N4O4S2. The molecule has 0 unspecified atom stereocenters. The van der Waals surface area contributed by atoms with Crippen molar-refractivity contribution >= 4 is 40.0 Å². The highest BCUT2D eigenvalue weighted by Gasteiger charge is 2.20. The zero-order valence-corrected chi connectivity index (χ0v) is 19.3. The molecule has 0 aliphatic heterocycles. The number of allylic oxidation sites excluding steroid dienone is 1. The smallest absolute Gasteiger partial charge is 0.341 e. The maximum Gasteiger partial charge on any atom is 0.341 e. The van der Waals surface area contributed by atoms with Crippen molar-refractivity contribution in [2.45, 2.75) is 38.9 Å². The molecule has 3 heterocycles. The topological polar surface area (TPSA) is 99.2 Å². The standard InChI is InChI=1S/C21H24N4O4S2/c1-5-9-25-18(15-8-10-29-13(15)4)23-24-21(25)30-12-17(26)22-19-16(20(27)28-7-3)11-14(6-2)31-19/h5,8,10-11H,1,6-7,9,12H2,2-4H3,(H,22,26). The minimum atomic E-state index is -0.438. The lowest BCUT2D eigenvalue weighted by Crippen LogP contribution is -2.16. The van der Waals surface area contributed by atoms with Crippen molar-refractivity contribution in [2.75, 3.05) is 17.7 Å². The molecular weight excluding hydrogens is 436 g/mol. The van der Waals surface area contributed by atoms with Crippen molar-refractivity contribution in [3.05, 3.63) is 47.3 Å². The number of hydrogen-bond acceptors (Lipinski definition) is 8. The summed E-state index contributed by atoms with van der Waals surface area (Å²) in [6.07, 6.45) is 4.11. The highest BCUT2D eigenvalue weighted by Crippen LogP contribution is 2.30. The van der Waals surface area contributed by atoms with Gasteiger partial charge in [0, 0.05) is 11.4 Å². The lowest BCUT2D eigenvalue weighted by atomic mass is 10.2. The third kappa shape index (κ3) is 5.26. The fourth-order valence-electron chi connectivity index (χ4n) is 2.87. The summed E-state index contributed by atoms with van der Waals surface area (Å²) >= 11 is 2.64. The van der Waals surface area contributed by atoms with Gasteiger partial charge in [-0.1, -0.05) is 24.8 Å². The van der Waals surface area contributed by atoms with Gasteiger partial charge in [-0.15, -0.1) is 28.1 Å². The second kappa shape index (κ2) is 10.5. The lowest BCUT2D eigenvalue weighted by molar-refractivity contribution is -0.113. The number of amides is 1. The van der Waals surface area contributed by atoms with E-state index in [1.165, 1.54) is 23.1 Å². The Morgan fingerprint density at radius 2 is 2.19 bits per heavy atom. The van der Waals surface area contributed by atoms with Gasteiger partial charge in [0.15, 0.2) is 11.0 Å². The van der Waals surface area contributed by atoms with Crippen molar-refractivity contribution in [3.63, 3.8) is 0 Å². The van der Waals surface area contributed by atoms with Crippen LogP contribution in [0.5, 0.6) is 0 Å².